The van der Waals surface area contributed by atoms with E-state index in [1.54, 1.807) is 21.9 Å². The topological polar surface area (TPSA) is 57.7 Å². The van der Waals surface area contributed by atoms with Crippen LogP contribution in [0.25, 0.3) is 0 Å². The van der Waals surface area contributed by atoms with Gasteiger partial charge in [-0.15, -0.1) is 0 Å². The summed E-state index contributed by atoms with van der Waals surface area (Å²) < 4.78 is 0. The van der Waals surface area contributed by atoms with E-state index in [4.69, 9.17) is 0 Å². The van der Waals surface area contributed by atoms with Gasteiger partial charge in [-0.3, -0.25) is 14.4 Å². The quantitative estimate of drug-likeness (QED) is 0.608. The van der Waals surface area contributed by atoms with Crippen LogP contribution in [-0.4, -0.2) is 53.6 Å². The van der Waals surface area contributed by atoms with Gasteiger partial charge >= 0.3 is 0 Å². The molecule has 5 nitrogen and oxygen atoms in total. The van der Waals surface area contributed by atoms with Crippen molar-refractivity contribution in [2.45, 2.75) is 20.3 Å². The lowest BCUT2D eigenvalue weighted by Gasteiger charge is -2.20. The van der Waals surface area contributed by atoms with Gasteiger partial charge in [0.2, 0.25) is 11.7 Å². The summed E-state index contributed by atoms with van der Waals surface area (Å²) in [5.74, 6) is -0.954. The van der Waals surface area contributed by atoms with Crippen molar-refractivity contribution in [2.24, 2.45) is 0 Å². The molecule has 1 heterocycles. The number of amides is 2. The van der Waals surface area contributed by atoms with Gasteiger partial charge in [-0.1, -0.05) is 29.8 Å². The van der Waals surface area contributed by atoms with E-state index < -0.39 is 11.7 Å². The summed E-state index contributed by atoms with van der Waals surface area (Å²) in [6, 6.07) is 6.99. The van der Waals surface area contributed by atoms with Gasteiger partial charge < -0.3 is 9.80 Å². The summed E-state index contributed by atoms with van der Waals surface area (Å²) in [4.78, 5) is 39.1. The van der Waals surface area contributed by atoms with Gasteiger partial charge in [0.25, 0.3) is 5.91 Å². The van der Waals surface area contributed by atoms with Crippen molar-refractivity contribution in [3.05, 3.63) is 35.4 Å². The minimum atomic E-state index is -0.482. The van der Waals surface area contributed by atoms with Gasteiger partial charge in [-0.25, -0.2) is 0 Å². The van der Waals surface area contributed by atoms with Crippen LogP contribution in [-0.2, 0) is 9.59 Å². The highest BCUT2D eigenvalue weighted by atomic mass is 16.2. The van der Waals surface area contributed by atoms with Crippen LogP contribution < -0.4 is 0 Å². The summed E-state index contributed by atoms with van der Waals surface area (Å²) in [6.07, 6.45) is 0.701. The number of benzene rings is 1. The zero-order valence-corrected chi connectivity index (χ0v) is 12.5. The highest BCUT2D eigenvalue weighted by molar-refractivity contribution is 6.42. The Kier molecular flexibility index (Phi) is 4.73. The third kappa shape index (κ3) is 3.68. The molecule has 1 aromatic rings. The predicted octanol–water partition coefficient (Wildman–Crippen LogP) is 1.26. The summed E-state index contributed by atoms with van der Waals surface area (Å²) >= 11 is 0. The van der Waals surface area contributed by atoms with Gasteiger partial charge in [-0.2, -0.15) is 0 Å². The predicted molar refractivity (Wildman–Crippen MR) is 79.0 cm³/mol. The highest BCUT2D eigenvalue weighted by Crippen LogP contribution is 2.09. The van der Waals surface area contributed by atoms with Crippen molar-refractivity contribution in [1.29, 1.82) is 0 Å². The van der Waals surface area contributed by atoms with Crippen LogP contribution >= 0.6 is 0 Å². The molecular weight excluding hydrogens is 268 g/mol. The summed E-state index contributed by atoms with van der Waals surface area (Å²) in [5.41, 5.74) is 1.46. The van der Waals surface area contributed by atoms with Gasteiger partial charge in [0.15, 0.2) is 0 Å². The molecule has 1 fully saturated rings. The highest BCUT2D eigenvalue weighted by Gasteiger charge is 2.25. The van der Waals surface area contributed by atoms with Crippen LogP contribution in [0.2, 0.25) is 0 Å². The van der Waals surface area contributed by atoms with Crippen LogP contribution in [0.1, 0.15) is 29.3 Å². The molecule has 0 bridgehead atoms. The van der Waals surface area contributed by atoms with Gasteiger partial charge in [-0.05, 0) is 13.3 Å². The molecule has 0 N–H and O–H groups in total. The number of hydrogen-bond donors (Lipinski definition) is 0. The first-order chi connectivity index (χ1) is 9.99. The average molecular weight is 288 g/mol. The lowest BCUT2D eigenvalue weighted by Crippen LogP contribution is -2.40. The number of Topliss-reactive ketones (excluding diaryl/α,β-unsaturated/α-hetero) is 1. The van der Waals surface area contributed by atoms with E-state index in [1.165, 1.54) is 6.92 Å². The third-order valence-corrected chi connectivity index (χ3v) is 3.74. The monoisotopic (exact) mass is 288 g/mol. The minimum Gasteiger partial charge on any atom is -0.341 e. The SMILES string of the molecule is CC(=O)N1CCCN(C(=O)C(=O)c2ccc(C)cc2)CC1. The molecule has 1 aliphatic heterocycles. The second-order valence-electron chi connectivity index (χ2n) is 5.35. The van der Waals surface area contributed by atoms with Crippen LogP contribution in [0.5, 0.6) is 0 Å². The number of aryl methyl sites for hydroxylation is 1. The second-order valence-corrected chi connectivity index (χ2v) is 5.35. The Labute approximate surface area is 124 Å². The van der Waals surface area contributed by atoms with Crippen LogP contribution in [0.3, 0.4) is 0 Å². The van der Waals surface area contributed by atoms with Crippen molar-refractivity contribution < 1.29 is 14.4 Å². The molecular formula is C16H20N2O3. The van der Waals surface area contributed by atoms with E-state index in [-0.39, 0.29) is 5.91 Å². The Morgan fingerprint density at radius 1 is 0.905 bits per heavy atom. The molecule has 5 heteroatoms. The Morgan fingerprint density at radius 2 is 1.48 bits per heavy atom. The molecule has 0 spiro atoms. The van der Waals surface area contributed by atoms with E-state index in [0.717, 1.165) is 5.56 Å². The summed E-state index contributed by atoms with van der Waals surface area (Å²) in [6.45, 7) is 5.51. The lowest BCUT2D eigenvalue weighted by molar-refractivity contribution is -0.130. The van der Waals surface area contributed by atoms with Crippen molar-refractivity contribution in [3.63, 3.8) is 0 Å². The van der Waals surface area contributed by atoms with E-state index in [9.17, 15) is 14.4 Å². The Morgan fingerprint density at radius 3 is 2.10 bits per heavy atom. The van der Waals surface area contributed by atoms with Gasteiger partial charge in [0.1, 0.15) is 0 Å². The maximum atomic E-state index is 12.3. The average Bonchev–Trinajstić information content (AvgIpc) is 2.72. The van der Waals surface area contributed by atoms with Crippen molar-refractivity contribution >= 4 is 17.6 Å². The number of carbonyl (C=O) groups excluding carboxylic acids is 3. The zero-order valence-electron chi connectivity index (χ0n) is 12.5. The largest absolute Gasteiger partial charge is 0.341 e. The number of rotatable bonds is 2. The fourth-order valence-electron chi connectivity index (χ4n) is 2.41. The molecule has 21 heavy (non-hydrogen) atoms. The van der Waals surface area contributed by atoms with Crippen LogP contribution in [0.15, 0.2) is 24.3 Å². The molecule has 0 unspecified atom stereocenters. The maximum Gasteiger partial charge on any atom is 0.295 e. The molecule has 1 saturated heterocycles. The zero-order chi connectivity index (χ0) is 15.4. The first-order valence-electron chi connectivity index (χ1n) is 7.15. The fraction of sp³-hybridized carbons (Fsp3) is 0.438. The first kappa shape index (κ1) is 15.2. The number of nitrogens with zero attached hydrogens (tertiary/aromatic N) is 2. The van der Waals surface area contributed by atoms with Crippen molar-refractivity contribution in [1.82, 2.24) is 9.80 Å². The fourth-order valence-corrected chi connectivity index (χ4v) is 2.41. The number of ketones is 1. The van der Waals surface area contributed by atoms with E-state index >= 15 is 0 Å². The van der Waals surface area contributed by atoms with E-state index in [2.05, 4.69) is 0 Å². The summed E-state index contributed by atoms with van der Waals surface area (Å²) in [7, 11) is 0. The Bertz CT molecular complexity index is 551. The lowest BCUT2D eigenvalue weighted by atomic mass is 10.1. The Balaban J connectivity index is 2.04. The molecule has 2 amide bonds. The molecule has 0 aromatic heterocycles. The molecule has 0 aliphatic carbocycles. The molecule has 0 atom stereocenters. The van der Waals surface area contributed by atoms with Crippen molar-refractivity contribution in [3.8, 4) is 0 Å². The minimum absolute atomic E-state index is 0.00848. The van der Waals surface area contributed by atoms with Crippen LogP contribution in [0.4, 0.5) is 0 Å². The van der Waals surface area contributed by atoms with Gasteiger partial charge in [0.05, 0.1) is 0 Å². The normalized spacial score (nSPS) is 15.5. The standard InChI is InChI=1S/C16H20N2O3/c1-12-4-6-14(7-5-12)15(20)16(21)18-9-3-8-17(10-11-18)13(2)19/h4-7H,3,8-11H2,1-2H3. The molecule has 1 aliphatic rings. The first-order valence-corrected chi connectivity index (χ1v) is 7.15. The number of carbonyl (C=O) groups is 3. The summed E-state index contributed by atoms with van der Waals surface area (Å²) in [5, 5.41) is 0. The Hall–Kier alpha value is -2.17. The third-order valence-electron chi connectivity index (χ3n) is 3.74. The maximum absolute atomic E-state index is 12.3. The van der Waals surface area contributed by atoms with E-state index in [0.29, 0.717) is 38.2 Å². The molecule has 0 saturated carbocycles. The molecule has 2 rings (SSSR count). The van der Waals surface area contributed by atoms with E-state index in [1.807, 2.05) is 19.1 Å². The number of hydrogen-bond acceptors (Lipinski definition) is 3. The smallest absolute Gasteiger partial charge is 0.295 e. The van der Waals surface area contributed by atoms with Crippen LogP contribution in [0, 0.1) is 6.92 Å². The molecule has 0 radical (unpaired) electrons. The van der Waals surface area contributed by atoms with Crippen molar-refractivity contribution in [2.75, 3.05) is 26.2 Å². The molecule has 1 aromatic carbocycles. The second kappa shape index (κ2) is 6.52. The van der Waals surface area contributed by atoms with Gasteiger partial charge in [0, 0.05) is 38.7 Å². The molecule has 112 valence electrons.